The van der Waals surface area contributed by atoms with Gasteiger partial charge in [-0.1, -0.05) is 140 Å². The molecule has 11 rings (SSSR count). The van der Waals surface area contributed by atoms with Crippen LogP contribution in [0.4, 0.5) is 0 Å². The lowest BCUT2D eigenvalue weighted by Gasteiger charge is -2.28. The zero-order valence-electron chi connectivity index (χ0n) is 28.5. The monoisotopic (exact) mass is 680 g/mol. The molecule has 3 aromatic heterocycles. The Morgan fingerprint density at radius 3 is 1.87 bits per heavy atom. The van der Waals surface area contributed by atoms with Gasteiger partial charge >= 0.3 is 0 Å². The van der Waals surface area contributed by atoms with E-state index in [1.807, 2.05) is 11.3 Å². The van der Waals surface area contributed by atoms with Gasteiger partial charge in [0.2, 0.25) is 0 Å². The van der Waals surface area contributed by atoms with Crippen LogP contribution >= 0.6 is 11.3 Å². The van der Waals surface area contributed by atoms with Crippen LogP contribution in [0.3, 0.4) is 0 Å². The van der Waals surface area contributed by atoms with E-state index in [2.05, 4.69) is 187 Å². The number of fused-ring (bicyclic) bond motifs is 10. The van der Waals surface area contributed by atoms with Crippen LogP contribution in [0.2, 0.25) is 0 Å². The molecule has 7 aromatic carbocycles. The van der Waals surface area contributed by atoms with E-state index in [-0.39, 0.29) is 5.41 Å². The lowest BCUT2D eigenvalue weighted by atomic mass is 9.74. The molecule has 0 N–H and O–H groups in total. The SMILES string of the molecule is CC1(c2ccccc2)c2ccccc2-c2c1ccc1sc3cc4c5ccccc5n(-c5cc(-c6ccccc6)nc(-c6ccccc6)c5)c4cc3c21. The van der Waals surface area contributed by atoms with Crippen LogP contribution in [-0.4, -0.2) is 9.55 Å². The zero-order valence-corrected chi connectivity index (χ0v) is 29.4. The van der Waals surface area contributed by atoms with Gasteiger partial charge in [-0.05, 0) is 71.1 Å². The van der Waals surface area contributed by atoms with Crippen LogP contribution < -0.4 is 0 Å². The largest absolute Gasteiger partial charge is 0.309 e. The molecule has 0 saturated heterocycles. The lowest BCUT2D eigenvalue weighted by Crippen LogP contribution is -2.22. The van der Waals surface area contributed by atoms with Gasteiger partial charge in [-0.3, -0.25) is 0 Å². The van der Waals surface area contributed by atoms with Crippen molar-refractivity contribution >= 4 is 53.3 Å². The molecule has 2 nitrogen and oxygen atoms in total. The molecule has 0 spiro atoms. The first-order valence-electron chi connectivity index (χ1n) is 17.9. The summed E-state index contributed by atoms with van der Waals surface area (Å²) in [6, 6.07) is 64.1. The fraction of sp³-hybridized carbons (Fsp3) is 0.0408. The molecule has 0 bridgehead atoms. The van der Waals surface area contributed by atoms with Crippen LogP contribution in [0.5, 0.6) is 0 Å². The smallest absolute Gasteiger partial charge is 0.0730 e. The summed E-state index contributed by atoms with van der Waals surface area (Å²) in [7, 11) is 0. The normalized spacial score (nSPS) is 15.1. The second kappa shape index (κ2) is 11.1. The van der Waals surface area contributed by atoms with E-state index in [0.717, 1.165) is 28.2 Å². The number of rotatable bonds is 4. The summed E-state index contributed by atoms with van der Waals surface area (Å²) in [6.45, 7) is 2.40. The standard InChI is InChI=1S/C49H32N2S/c1-49(33-19-9-4-10-20-33)39-23-13-11-22-36(39)47-40(49)25-26-45-48(47)38-29-44-37(30-46(38)52-45)35-21-12-14-24-43(35)51(44)34-27-41(31-15-5-2-6-16-31)50-42(28-34)32-17-7-3-8-18-32/h2-30H,1H3. The van der Waals surface area contributed by atoms with Gasteiger partial charge in [-0.25, -0.2) is 4.98 Å². The molecule has 3 heteroatoms. The van der Waals surface area contributed by atoms with Crippen LogP contribution in [-0.2, 0) is 5.41 Å². The molecular weight excluding hydrogens is 649 g/mol. The van der Waals surface area contributed by atoms with Crippen molar-refractivity contribution in [3.8, 4) is 39.3 Å². The summed E-state index contributed by atoms with van der Waals surface area (Å²) in [5, 5.41) is 5.18. The minimum Gasteiger partial charge on any atom is -0.309 e. The predicted octanol–water partition coefficient (Wildman–Crippen LogP) is 13.2. The van der Waals surface area contributed by atoms with Crippen LogP contribution in [0, 0.1) is 0 Å². The molecular formula is C49H32N2S. The molecule has 1 atom stereocenters. The molecule has 10 aromatic rings. The van der Waals surface area contributed by atoms with Gasteiger partial charge in [0.15, 0.2) is 0 Å². The minimum atomic E-state index is -0.243. The maximum absolute atomic E-state index is 5.21. The number of aromatic nitrogens is 2. The van der Waals surface area contributed by atoms with Gasteiger partial charge in [0.25, 0.3) is 0 Å². The Morgan fingerprint density at radius 2 is 1.13 bits per heavy atom. The molecule has 3 heterocycles. The van der Waals surface area contributed by atoms with E-state index in [0.29, 0.717) is 0 Å². The Morgan fingerprint density at radius 1 is 0.500 bits per heavy atom. The molecule has 1 aliphatic rings. The van der Waals surface area contributed by atoms with Crippen molar-refractivity contribution in [1.29, 1.82) is 0 Å². The zero-order chi connectivity index (χ0) is 34.4. The highest BCUT2D eigenvalue weighted by Gasteiger charge is 2.41. The quantitative estimate of drug-likeness (QED) is 0.181. The van der Waals surface area contributed by atoms with Crippen LogP contribution in [0.15, 0.2) is 176 Å². The Hall–Kier alpha value is -6.29. The topological polar surface area (TPSA) is 17.8 Å². The van der Waals surface area contributed by atoms with Crippen molar-refractivity contribution in [3.05, 3.63) is 193 Å². The van der Waals surface area contributed by atoms with E-state index in [1.165, 1.54) is 69.8 Å². The van der Waals surface area contributed by atoms with E-state index < -0.39 is 0 Å². The first-order valence-corrected chi connectivity index (χ1v) is 18.7. The molecule has 0 saturated carbocycles. The minimum absolute atomic E-state index is 0.243. The highest BCUT2D eigenvalue weighted by atomic mass is 32.1. The first-order chi connectivity index (χ1) is 25.7. The molecule has 0 aliphatic heterocycles. The first kappa shape index (κ1) is 29.4. The highest BCUT2D eigenvalue weighted by molar-refractivity contribution is 7.26. The molecule has 0 fully saturated rings. The van der Waals surface area contributed by atoms with Crippen molar-refractivity contribution in [2.24, 2.45) is 0 Å². The number of benzene rings is 7. The molecule has 0 amide bonds. The third-order valence-electron chi connectivity index (χ3n) is 11.3. The van der Waals surface area contributed by atoms with Gasteiger partial charge in [0, 0.05) is 47.5 Å². The summed E-state index contributed by atoms with van der Waals surface area (Å²) < 4.78 is 5.10. The fourth-order valence-corrected chi connectivity index (χ4v) is 9.96. The number of nitrogens with zero attached hydrogens (tertiary/aromatic N) is 2. The summed E-state index contributed by atoms with van der Waals surface area (Å²) in [5.74, 6) is 0. The lowest BCUT2D eigenvalue weighted by molar-refractivity contribution is 0.714. The molecule has 0 radical (unpaired) electrons. The Kier molecular flexibility index (Phi) is 6.29. The molecule has 52 heavy (non-hydrogen) atoms. The van der Waals surface area contributed by atoms with Crippen LogP contribution in [0.1, 0.15) is 23.6 Å². The number of para-hydroxylation sites is 1. The van der Waals surface area contributed by atoms with Crippen LogP contribution in [0.25, 0.3) is 81.3 Å². The Bertz CT molecular complexity index is 2950. The molecule has 244 valence electrons. The predicted molar refractivity (Wildman–Crippen MR) is 220 cm³/mol. The molecule has 1 unspecified atom stereocenters. The average Bonchev–Trinajstić information content (AvgIpc) is 3.83. The van der Waals surface area contributed by atoms with Crippen molar-refractivity contribution < 1.29 is 0 Å². The third-order valence-corrected chi connectivity index (χ3v) is 12.4. The molecule has 1 aliphatic carbocycles. The summed E-state index contributed by atoms with van der Waals surface area (Å²) >= 11 is 1.91. The summed E-state index contributed by atoms with van der Waals surface area (Å²) in [6.07, 6.45) is 0. The second-order valence-electron chi connectivity index (χ2n) is 14.0. The van der Waals surface area contributed by atoms with Gasteiger partial charge in [-0.15, -0.1) is 11.3 Å². The van der Waals surface area contributed by atoms with Gasteiger partial charge in [0.05, 0.1) is 28.1 Å². The van der Waals surface area contributed by atoms with Crippen molar-refractivity contribution in [2.45, 2.75) is 12.3 Å². The maximum Gasteiger partial charge on any atom is 0.0730 e. The highest BCUT2D eigenvalue weighted by Crippen LogP contribution is 2.56. The summed E-state index contributed by atoms with van der Waals surface area (Å²) in [5.41, 5.74) is 14.1. The van der Waals surface area contributed by atoms with Crippen molar-refractivity contribution in [2.75, 3.05) is 0 Å². The van der Waals surface area contributed by atoms with Crippen molar-refractivity contribution in [3.63, 3.8) is 0 Å². The van der Waals surface area contributed by atoms with E-state index in [1.54, 1.807) is 0 Å². The second-order valence-corrected chi connectivity index (χ2v) is 15.1. The number of pyridine rings is 1. The number of hydrogen-bond acceptors (Lipinski definition) is 2. The summed E-state index contributed by atoms with van der Waals surface area (Å²) in [4.78, 5) is 5.21. The van der Waals surface area contributed by atoms with E-state index in [4.69, 9.17) is 4.98 Å². The maximum atomic E-state index is 5.21. The van der Waals surface area contributed by atoms with Gasteiger partial charge in [0.1, 0.15) is 0 Å². The average molecular weight is 681 g/mol. The third kappa shape index (κ3) is 4.14. The Labute approximate surface area is 305 Å². The van der Waals surface area contributed by atoms with E-state index >= 15 is 0 Å². The van der Waals surface area contributed by atoms with Gasteiger partial charge < -0.3 is 4.57 Å². The van der Waals surface area contributed by atoms with Crippen molar-refractivity contribution in [1.82, 2.24) is 9.55 Å². The fourth-order valence-electron chi connectivity index (χ4n) is 8.83. The van der Waals surface area contributed by atoms with Gasteiger partial charge in [-0.2, -0.15) is 0 Å². The van der Waals surface area contributed by atoms with E-state index in [9.17, 15) is 0 Å². The number of hydrogen-bond donors (Lipinski definition) is 0. The Balaban J connectivity index is 1.24. The number of thiophene rings is 1.